The number of thioether (sulfide) groups is 1. The van der Waals surface area contributed by atoms with Crippen molar-refractivity contribution in [2.75, 3.05) is 11.5 Å². The Morgan fingerprint density at radius 2 is 1.42 bits per heavy atom. The first-order chi connectivity index (χ1) is 8.84. The summed E-state index contributed by atoms with van der Waals surface area (Å²) in [7, 11) is 0. The molecule has 0 fully saturated rings. The molecule has 6 N–H and O–H groups in total. The Morgan fingerprint density at radius 1 is 0.947 bits per heavy atom. The van der Waals surface area contributed by atoms with Gasteiger partial charge in [0.05, 0.1) is 0 Å². The number of nitrogens with two attached hydrogens (primary N) is 2. The molecule has 6 nitrogen and oxygen atoms in total. The molecule has 0 bridgehead atoms. The normalized spacial score (nSPS) is 15.7. The second-order valence-corrected chi connectivity index (χ2v) is 5.99. The van der Waals surface area contributed by atoms with Gasteiger partial charge in [-0.05, 0) is 43.1 Å². The molecule has 0 spiro atoms. The van der Waals surface area contributed by atoms with E-state index in [-0.39, 0.29) is 0 Å². The fraction of sp³-hybridized carbons (Fsp3) is 0.833. The zero-order valence-corrected chi connectivity index (χ0v) is 12.1. The predicted molar refractivity (Wildman–Crippen MR) is 76.2 cm³/mol. The summed E-state index contributed by atoms with van der Waals surface area (Å²) in [6.07, 6.45) is 2.73. The average Bonchev–Trinajstić information content (AvgIpc) is 2.34. The molecule has 0 saturated heterocycles. The summed E-state index contributed by atoms with van der Waals surface area (Å²) in [6.45, 7) is 2.07. The van der Waals surface area contributed by atoms with Gasteiger partial charge in [-0.1, -0.05) is 6.92 Å². The first-order valence-electron chi connectivity index (χ1n) is 6.39. The van der Waals surface area contributed by atoms with Gasteiger partial charge in [0.1, 0.15) is 12.1 Å². The molecule has 0 rings (SSSR count). The van der Waals surface area contributed by atoms with E-state index >= 15 is 0 Å². The third-order valence-corrected chi connectivity index (χ3v) is 3.98. The summed E-state index contributed by atoms with van der Waals surface area (Å²) >= 11 is 1.68. The molecule has 3 unspecified atom stereocenters. The zero-order valence-electron chi connectivity index (χ0n) is 11.2. The van der Waals surface area contributed by atoms with E-state index in [2.05, 4.69) is 6.92 Å². The Labute approximate surface area is 117 Å². The SMILES string of the molecule is CC(CCSCCC(N)C(=O)O)CCC(N)C(=O)O. The largest absolute Gasteiger partial charge is 0.480 e. The summed E-state index contributed by atoms with van der Waals surface area (Å²) < 4.78 is 0. The molecular formula is C12H24N2O4S. The number of carboxylic acid groups (broad SMARTS) is 2. The van der Waals surface area contributed by atoms with E-state index in [9.17, 15) is 9.59 Å². The topological polar surface area (TPSA) is 127 Å². The molecule has 0 aromatic rings. The Balaban J connectivity index is 3.51. The van der Waals surface area contributed by atoms with Gasteiger partial charge in [-0.3, -0.25) is 9.59 Å². The Morgan fingerprint density at radius 3 is 1.95 bits per heavy atom. The van der Waals surface area contributed by atoms with Crippen LogP contribution in [0.15, 0.2) is 0 Å². The number of hydrogen-bond donors (Lipinski definition) is 4. The summed E-state index contributed by atoms with van der Waals surface area (Å²) in [5.74, 6) is 0.164. The van der Waals surface area contributed by atoms with Crippen molar-refractivity contribution in [3.05, 3.63) is 0 Å². The maximum Gasteiger partial charge on any atom is 0.320 e. The Kier molecular flexibility index (Phi) is 9.63. The van der Waals surface area contributed by atoms with Gasteiger partial charge in [-0.15, -0.1) is 0 Å². The van der Waals surface area contributed by atoms with Gasteiger partial charge >= 0.3 is 11.9 Å². The van der Waals surface area contributed by atoms with Crippen LogP contribution in [0.2, 0.25) is 0 Å². The minimum atomic E-state index is -0.961. The van der Waals surface area contributed by atoms with Crippen LogP contribution in [0.3, 0.4) is 0 Å². The van der Waals surface area contributed by atoms with E-state index in [1.54, 1.807) is 11.8 Å². The maximum atomic E-state index is 10.5. The van der Waals surface area contributed by atoms with E-state index in [0.717, 1.165) is 24.3 Å². The molecule has 0 radical (unpaired) electrons. The number of aliphatic carboxylic acids is 2. The molecule has 112 valence electrons. The average molecular weight is 292 g/mol. The van der Waals surface area contributed by atoms with Crippen molar-refractivity contribution in [1.29, 1.82) is 0 Å². The maximum absolute atomic E-state index is 10.5. The van der Waals surface area contributed by atoms with Gasteiger partial charge in [-0.2, -0.15) is 11.8 Å². The summed E-state index contributed by atoms with van der Waals surface area (Å²) in [5, 5.41) is 17.2. The van der Waals surface area contributed by atoms with Crippen molar-refractivity contribution in [2.24, 2.45) is 17.4 Å². The predicted octanol–water partition coefficient (Wildman–Crippen LogP) is 0.740. The van der Waals surface area contributed by atoms with Crippen molar-refractivity contribution < 1.29 is 19.8 Å². The standard InChI is InChI=1S/C12H24N2O4S/c1-8(2-3-9(13)11(15)16)4-6-19-7-5-10(14)12(17)18/h8-10H,2-7,13-14H2,1H3,(H,15,16)(H,17,18). The number of carbonyl (C=O) groups is 2. The molecule has 0 saturated carbocycles. The van der Waals surface area contributed by atoms with Gasteiger partial charge in [0, 0.05) is 0 Å². The molecule has 0 amide bonds. The van der Waals surface area contributed by atoms with Crippen molar-refractivity contribution in [2.45, 2.75) is 44.7 Å². The van der Waals surface area contributed by atoms with E-state index < -0.39 is 24.0 Å². The van der Waals surface area contributed by atoms with Crippen LogP contribution >= 0.6 is 11.8 Å². The Bertz CT molecular complexity index is 289. The monoisotopic (exact) mass is 292 g/mol. The zero-order chi connectivity index (χ0) is 14.8. The smallest absolute Gasteiger partial charge is 0.320 e. The minimum Gasteiger partial charge on any atom is -0.480 e. The molecular weight excluding hydrogens is 268 g/mol. The molecule has 3 atom stereocenters. The van der Waals surface area contributed by atoms with Gasteiger partial charge in [-0.25, -0.2) is 0 Å². The van der Waals surface area contributed by atoms with E-state index in [4.69, 9.17) is 21.7 Å². The third-order valence-electron chi connectivity index (χ3n) is 2.93. The van der Waals surface area contributed by atoms with Crippen LogP contribution in [0, 0.1) is 5.92 Å². The van der Waals surface area contributed by atoms with Crippen molar-refractivity contribution >= 4 is 23.7 Å². The third kappa shape index (κ3) is 9.75. The van der Waals surface area contributed by atoms with Gasteiger partial charge < -0.3 is 21.7 Å². The molecule has 19 heavy (non-hydrogen) atoms. The molecule has 0 aliphatic carbocycles. The van der Waals surface area contributed by atoms with Gasteiger partial charge in [0.25, 0.3) is 0 Å². The van der Waals surface area contributed by atoms with Gasteiger partial charge in [0.15, 0.2) is 0 Å². The van der Waals surface area contributed by atoms with E-state index in [0.29, 0.717) is 18.8 Å². The first kappa shape index (κ1) is 18.2. The van der Waals surface area contributed by atoms with Crippen LogP contribution in [-0.4, -0.2) is 45.7 Å². The second-order valence-electron chi connectivity index (χ2n) is 4.76. The molecule has 0 aliphatic rings. The van der Waals surface area contributed by atoms with E-state index in [1.807, 2.05) is 0 Å². The number of carboxylic acids is 2. The van der Waals surface area contributed by atoms with Crippen LogP contribution < -0.4 is 11.5 Å². The number of rotatable bonds is 11. The van der Waals surface area contributed by atoms with Crippen LogP contribution in [-0.2, 0) is 9.59 Å². The molecule has 0 aromatic heterocycles. The fourth-order valence-electron chi connectivity index (χ4n) is 1.45. The van der Waals surface area contributed by atoms with E-state index in [1.165, 1.54) is 0 Å². The Hall–Kier alpha value is -0.790. The summed E-state index contributed by atoms with van der Waals surface area (Å²) in [5.41, 5.74) is 10.8. The molecule has 0 heterocycles. The minimum absolute atomic E-state index is 0.422. The lowest BCUT2D eigenvalue weighted by Crippen LogP contribution is -2.30. The summed E-state index contributed by atoms with van der Waals surface area (Å²) in [4.78, 5) is 21.0. The lowest BCUT2D eigenvalue weighted by atomic mass is 10.00. The quantitative estimate of drug-likeness (QED) is 0.414. The molecule has 0 aliphatic heterocycles. The highest BCUT2D eigenvalue weighted by Gasteiger charge is 2.13. The highest BCUT2D eigenvalue weighted by atomic mass is 32.2. The first-order valence-corrected chi connectivity index (χ1v) is 7.54. The number of hydrogen-bond acceptors (Lipinski definition) is 5. The van der Waals surface area contributed by atoms with Crippen LogP contribution in [0.1, 0.15) is 32.6 Å². The molecule has 0 aromatic carbocycles. The second kappa shape index (κ2) is 10.1. The lowest BCUT2D eigenvalue weighted by molar-refractivity contribution is -0.139. The van der Waals surface area contributed by atoms with Crippen LogP contribution in [0.5, 0.6) is 0 Å². The highest BCUT2D eigenvalue weighted by molar-refractivity contribution is 7.99. The van der Waals surface area contributed by atoms with Crippen molar-refractivity contribution in [3.63, 3.8) is 0 Å². The van der Waals surface area contributed by atoms with Crippen molar-refractivity contribution in [3.8, 4) is 0 Å². The summed E-state index contributed by atoms with van der Waals surface area (Å²) in [6, 6.07) is -1.55. The molecule has 7 heteroatoms. The van der Waals surface area contributed by atoms with Crippen LogP contribution in [0.25, 0.3) is 0 Å². The fourth-order valence-corrected chi connectivity index (χ4v) is 2.65. The van der Waals surface area contributed by atoms with Crippen LogP contribution in [0.4, 0.5) is 0 Å². The van der Waals surface area contributed by atoms with Gasteiger partial charge in [0.2, 0.25) is 0 Å². The lowest BCUT2D eigenvalue weighted by Gasteiger charge is -2.13. The highest BCUT2D eigenvalue weighted by Crippen LogP contribution is 2.16. The van der Waals surface area contributed by atoms with Crippen molar-refractivity contribution in [1.82, 2.24) is 0 Å².